The molecule has 0 aliphatic heterocycles. The van der Waals surface area contributed by atoms with E-state index in [1.54, 1.807) is 12.1 Å². The Bertz CT molecular complexity index is 537. The second-order valence-corrected chi connectivity index (χ2v) is 4.55. The molecule has 1 unspecified atom stereocenters. The molecule has 1 aromatic carbocycles. The summed E-state index contributed by atoms with van der Waals surface area (Å²) in [4.78, 5) is 22.8. The van der Waals surface area contributed by atoms with Crippen molar-refractivity contribution in [1.29, 1.82) is 0 Å². The van der Waals surface area contributed by atoms with Crippen molar-refractivity contribution >= 4 is 33.6 Å². The third-order valence-electron chi connectivity index (χ3n) is 2.40. The number of anilines is 1. The molecule has 100 valence electrons. The average Bonchev–Trinajstić information content (AvgIpc) is 2.38. The zero-order valence-electron chi connectivity index (χ0n) is 10.2. The summed E-state index contributed by atoms with van der Waals surface area (Å²) >= 11 is 3.20. The maximum absolute atomic E-state index is 11.7. The number of amides is 2. The maximum Gasteiger partial charge on any atom is 0.337 e. The van der Waals surface area contributed by atoms with Crippen LogP contribution in [0.3, 0.4) is 0 Å². The third kappa shape index (κ3) is 4.00. The summed E-state index contributed by atoms with van der Waals surface area (Å²) in [7, 11) is 0. The van der Waals surface area contributed by atoms with E-state index < -0.39 is 18.0 Å². The number of carbonyl (C=O) groups is 2. The van der Waals surface area contributed by atoms with Gasteiger partial charge in [-0.15, -0.1) is 6.42 Å². The molecule has 0 aliphatic rings. The maximum atomic E-state index is 11.7. The number of benzene rings is 1. The van der Waals surface area contributed by atoms with E-state index in [-0.39, 0.29) is 11.3 Å². The van der Waals surface area contributed by atoms with Gasteiger partial charge in [-0.2, -0.15) is 0 Å². The van der Waals surface area contributed by atoms with Gasteiger partial charge >= 0.3 is 12.0 Å². The highest BCUT2D eigenvalue weighted by molar-refractivity contribution is 9.10. The zero-order valence-corrected chi connectivity index (χ0v) is 11.8. The first kappa shape index (κ1) is 15.1. The molecule has 0 saturated carbocycles. The van der Waals surface area contributed by atoms with Crippen LogP contribution in [-0.2, 0) is 0 Å². The topological polar surface area (TPSA) is 78.4 Å². The first-order valence-electron chi connectivity index (χ1n) is 5.55. The fourth-order valence-electron chi connectivity index (χ4n) is 1.40. The quantitative estimate of drug-likeness (QED) is 0.745. The lowest BCUT2D eigenvalue weighted by molar-refractivity contribution is 0.0698. The number of halogens is 1. The van der Waals surface area contributed by atoms with Crippen molar-refractivity contribution < 1.29 is 14.7 Å². The zero-order chi connectivity index (χ0) is 14.4. The van der Waals surface area contributed by atoms with Gasteiger partial charge in [-0.25, -0.2) is 9.59 Å². The van der Waals surface area contributed by atoms with Gasteiger partial charge in [0, 0.05) is 4.47 Å². The fraction of sp³-hybridized carbons (Fsp3) is 0.231. The number of nitrogens with one attached hydrogen (secondary N) is 2. The van der Waals surface area contributed by atoms with Crippen LogP contribution >= 0.6 is 15.9 Å². The lowest BCUT2D eigenvalue weighted by Gasteiger charge is -2.14. The molecule has 0 saturated heterocycles. The Morgan fingerprint density at radius 2 is 2.21 bits per heavy atom. The molecule has 0 spiro atoms. The molecule has 5 nitrogen and oxygen atoms in total. The molecule has 6 heteroatoms. The van der Waals surface area contributed by atoms with Crippen molar-refractivity contribution in [2.75, 3.05) is 5.32 Å². The van der Waals surface area contributed by atoms with Crippen molar-refractivity contribution in [1.82, 2.24) is 5.32 Å². The van der Waals surface area contributed by atoms with Gasteiger partial charge in [0.05, 0.1) is 17.3 Å². The summed E-state index contributed by atoms with van der Waals surface area (Å²) in [5.41, 5.74) is 0.192. The second kappa shape index (κ2) is 6.81. The number of carboxylic acids is 1. The Hall–Kier alpha value is -2.00. The van der Waals surface area contributed by atoms with Gasteiger partial charge in [0.2, 0.25) is 0 Å². The van der Waals surface area contributed by atoms with Crippen molar-refractivity contribution in [3.05, 3.63) is 28.2 Å². The summed E-state index contributed by atoms with van der Waals surface area (Å²) in [6.07, 6.45) is 5.83. The van der Waals surface area contributed by atoms with E-state index in [2.05, 4.69) is 32.5 Å². The van der Waals surface area contributed by atoms with E-state index in [0.29, 0.717) is 10.9 Å². The van der Waals surface area contributed by atoms with Gasteiger partial charge in [0.25, 0.3) is 0 Å². The predicted molar refractivity (Wildman–Crippen MR) is 76.2 cm³/mol. The highest BCUT2D eigenvalue weighted by atomic mass is 79.9. The van der Waals surface area contributed by atoms with Crippen LogP contribution in [0.5, 0.6) is 0 Å². The molecule has 0 aromatic heterocycles. The molecule has 0 radical (unpaired) electrons. The lowest BCUT2D eigenvalue weighted by atomic mass is 10.2. The minimum Gasteiger partial charge on any atom is -0.478 e. The van der Waals surface area contributed by atoms with E-state index in [9.17, 15) is 9.59 Å². The monoisotopic (exact) mass is 324 g/mol. The van der Waals surface area contributed by atoms with Crippen molar-refractivity contribution in [3.63, 3.8) is 0 Å². The van der Waals surface area contributed by atoms with Crippen LogP contribution in [0.2, 0.25) is 0 Å². The number of hydrogen-bond acceptors (Lipinski definition) is 2. The summed E-state index contributed by atoms with van der Waals surface area (Å²) in [6.45, 7) is 1.84. The minimum atomic E-state index is -1.12. The average molecular weight is 325 g/mol. The van der Waals surface area contributed by atoms with Gasteiger partial charge in [0.15, 0.2) is 0 Å². The molecule has 2 amide bonds. The number of urea groups is 1. The molecule has 0 aliphatic carbocycles. The van der Waals surface area contributed by atoms with Crippen molar-refractivity contribution in [3.8, 4) is 12.3 Å². The van der Waals surface area contributed by atoms with E-state index in [0.717, 1.165) is 0 Å². The molecule has 1 aromatic rings. The van der Waals surface area contributed by atoms with Crippen LogP contribution in [0, 0.1) is 12.3 Å². The molecule has 1 rings (SSSR count). The number of para-hydroxylation sites is 1. The number of rotatable bonds is 4. The van der Waals surface area contributed by atoms with Gasteiger partial charge in [0.1, 0.15) is 0 Å². The molecular weight excluding hydrogens is 312 g/mol. The summed E-state index contributed by atoms with van der Waals surface area (Å²) in [6, 6.07) is 3.68. The molecule has 0 heterocycles. The minimum absolute atomic E-state index is 0.00159. The van der Waals surface area contributed by atoms with Crippen molar-refractivity contribution in [2.45, 2.75) is 19.4 Å². The number of carboxylic acid groups (broad SMARTS) is 1. The summed E-state index contributed by atoms with van der Waals surface area (Å²) in [5.74, 6) is 1.30. The molecular formula is C13H13BrN2O3. The number of hydrogen-bond donors (Lipinski definition) is 3. The first-order valence-corrected chi connectivity index (χ1v) is 6.34. The summed E-state index contributed by atoms with van der Waals surface area (Å²) < 4.78 is 0.483. The Morgan fingerprint density at radius 3 is 2.74 bits per heavy atom. The Balaban J connectivity index is 2.91. The SMILES string of the molecule is C#CC(CC)NC(=O)Nc1c(Br)cccc1C(=O)O. The Labute approximate surface area is 119 Å². The second-order valence-electron chi connectivity index (χ2n) is 3.69. The predicted octanol–water partition coefficient (Wildman–Crippen LogP) is 2.68. The largest absolute Gasteiger partial charge is 0.478 e. The van der Waals surface area contributed by atoms with Gasteiger partial charge in [-0.05, 0) is 34.5 Å². The van der Waals surface area contributed by atoms with E-state index in [1.165, 1.54) is 6.07 Å². The Morgan fingerprint density at radius 1 is 1.53 bits per heavy atom. The third-order valence-corrected chi connectivity index (χ3v) is 3.06. The number of aromatic carboxylic acids is 1. The van der Waals surface area contributed by atoms with Crippen molar-refractivity contribution in [2.24, 2.45) is 0 Å². The van der Waals surface area contributed by atoms with Gasteiger partial charge < -0.3 is 15.7 Å². The smallest absolute Gasteiger partial charge is 0.337 e. The van der Waals surface area contributed by atoms with Gasteiger partial charge in [-0.3, -0.25) is 0 Å². The van der Waals surface area contributed by atoms with Crippen LogP contribution in [0.4, 0.5) is 10.5 Å². The van der Waals surface area contributed by atoms with Crippen LogP contribution in [-0.4, -0.2) is 23.1 Å². The van der Waals surface area contributed by atoms with Crippen LogP contribution in [0.25, 0.3) is 0 Å². The molecule has 19 heavy (non-hydrogen) atoms. The van der Waals surface area contributed by atoms with Gasteiger partial charge in [-0.1, -0.05) is 18.9 Å². The molecule has 3 N–H and O–H groups in total. The molecule has 0 fully saturated rings. The normalized spacial score (nSPS) is 11.2. The molecule has 1 atom stereocenters. The van der Waals surface area contributed by atoms with Crippen LogP contribution < -0.4 is 10.6 Å². The highest BCUT2D eigenvalue weighted by Crippen LogP contribution is 2.26. The van der Waals surface area contributed by atoms with Crippen LogP contribution in [0.15, 0.2) is 22.7 Å². The van der Waals surface area contributed by atoms with E-state index in [1.807, 2.05) is 6.92 Å². The number of terminal acetylenes is 1. The Kier molecular flexibility index (Phi) is 5.39. The standard InChI is InChI=1S/C13H13BrN2O3/c1-3-8(4-2)15-13(19)16-11-9(12(17)18)6-5-7-10(11)14/h1,5-8H,4H2,2H3,(H,17,18)(H2,15,16,19). The first-order chi connectivity index (χ1) is 8.99. The van der Waals surface area contributed by atoms with E-state index >= 15 is 0 Å². The number of carbonyl (C=O) groups excluding carboxylic acids is 1. The fourth-order valence-corrected chi connectivity index (χ4v) is 1.86. The molecule has 0 bridgehead atoms. The van der Waals surface area contributed by atoms with Crippen LogP contribution in [0.1, 0.15) is 23.7 Å². The van der Waals surface area contributed by atoms with E-state index in [4.69, 9.17) is 11.5 Å². The lowest BCUT2D eigenvalue weighted by Crippen LogP contribution is -2.37. The summed E-state index contributed by atoms with van der Waals surface area (Å²) in [5, 5.41) is 14.1. The highest BCUT2D eigenvalue weighted by Gasteiger charge is 2.16.